The number of hydrogen-bond donors (Lipinski definition) is 1. The summed E-state index contributed by atoms with van der Waals surface area (Å²) < 4.78 is 11.6. The lowest BCUT2D eigenvalue weighted by Crippen LogP contribution is -2.53. The molecule has 0 aromatic heterocycles. The molecule has 2 aromatic rings. The highest BCUT2D eigenvalue weighted by Crippen LogP contribution is 2.36. The van der Waals surface area contributed by atoms with Crippen molar-refractivity contribution < 1.29 is 19.1 Å². The van der Waals surface area contributed by atoms with Gasteiger partial charge < -0.3 is 19.7 Å². The molecule has 6 nitrogen and oxygen atoms in total. The van der Waals surface area contributed by atoms with E-state index in [1.807, 2.05) is 42.5 Å². The van der Waals surface area contributed by atoms with E-state index in [9.17, 15) is 9.59 Å². The average molecular weight is 338 g/mol. The number of likely N-dealkylation sites (N-methyl/N-ethyl adjacent to an activating group) is 1. The Kier molecular flexibility index (Phi) is 3.80. The minimum absolute atomic E-state index is 0.158. The molecule has 2 aromatic carbocycles. The van der Waals surface area contributed by atoms with Crippen molar-refractivity contribution in [2.75, 3.05) is 18.5 Å². The Bertz CT molecular complexity index is 811. The van der Waals surface area contributed by atoms with E-state index in [1.165, 1.54) is 0 Å². The first kappa shape index (κ1) is 15.5. The lowest BCUT2D eigenvalue weighted by atomic mass is 10.1. The van der Waals surface area contributed by atoms with Crippen molar-refractivity contribution in [3.63, 3.8) is 0 Å². The van der Waals surface area contributed by atoms with Crippen LogP contribution in [0.2, 0.25) is 0 Å². The Labute approximate surface area is 145 Å². The van der Waals surface area contributed by atoms with Gasteiger partial charge in [0, 0.05) is 13.5 Å². The van der Waals surface area contributed by atoms with Crippen LogP contribution in [0.5, 0.6) is 11.5 Å². The lowest BCUT2D eigenvalue weighted by Gasteiger charge is -2.35. The van der Waals surface area contributed by atoms with Crippen LogP contribution in [0.4, 0.5) is 5.69 Å². The summed E-state index contributed by atoms with van der Waals surface area (Å²) in [5, 5.41) is 2.58. The van der Waals surface area contributed by atoms with Gasteiger partial charge in [-0.2, -0.15) is 0 Å². The number of fused-ring (bicyclic) bond motifs is 2. The van der Waals surface area contributed by atoms with Crippen molar-refractivity contribution in [3.8, 4) is 11.5 Å². The van der Waals surface area contributed by atoms with Crippen LogP contribution in [-0.4, -0.2) is 37.6 Å². The summed E-state index contributed by atoms with van der Waals surface area (Å²) in [6.07, 6.45) is -0.805. The topological polar surface area (TPSA) is 67.9 Å². The van der Waals surface area contributed by atoms with Crippen LogP contribution in [0.15, 0.2) is 48.5 Å². The zero-order valence-electron chi connectivity index (χ0n) is 13.8. The van der Waals surface area contributed by atoms with Crippen LogP contribution in [0.1, 0.15) is 5.56 Å². The number of rotatable bonds is 2. The molecule has 2 heterocycles. The van der Waals surface area contributed by atoms with Crippen molar-refractivity contribution >= 4 is 17.5 Å². The van der Waals surface area contributed by atoms with Crippen LogP contribution >= 0.6 is 0 Å². The highest BCUT2D eigenvalue weighted by Gasteiger charge is 2.39. The number of amides is 2. The molecule has 25 heavy (non-hydrogen) atoms. The molecule has 0 fully saturated rings. The number of nitrogens with zero attached hydrogens (tertiary/aromatic N) is 1. The molecule has 0 bridgehead atoms. The van der Waals surface area contributed by atoms with Crippen LogP contribution in [0, 0.1) is 0 Å². The van der Waals surface area contributed by atoms with Gasteiger partial charge in [0.15, 0.2) is 12.2 Å². The number of carbonyl (C=O) groups is 2. The molecule has 0 spiro atoms. The van der Waals surface area contributed by atoms with Gasteiger partial charge in [-0.15, -0.1) is 0 Å². The molecule has 6 heteroatoms. The maximum absolute atomic E-state index is 13.1. The van der Waals surface area contributed by atoms with E-state index in [0.29, 0.717) is 17.9 Å². The fraction of sp³-hybridized carbons (Fsp3) is 0.263. The van der Waals surface area contributed by atoms with Gasteiger partial charge in [0.25, 0.3) is 11.8 Å². The third kappa shape index (κ3) is 2.69. The van der Waals surface area contributed by atoms with Gasteiger partial charge in [0.2, 0.25) is 0 Å². The molecule has 2 aliphatic rings. The predicted molar refractivity (Wildman–Crippen MR) is 91.8 cm³/mol. The molecule has 0 aliphatic carbocycles. The highest BCUT2D eigenvalue weighted by molar-refractivity contribution is 6.00. The summed E-state index contributed by atoms with van der Waals surface area (Å²) >= 11 is 0. The second-order valence-corrected chi connectivity index (χ2v) is 6.06. The average Bonchev–Trinajstić information content (AvgIpc) is 3.10. The smallest absolute Gasteiger partial charge is 0.268 e. The van der Waals surface area contributed by atoms with Crippen molar-refractivity contribution in [2.45, 2.75) is 18.6 Å². The van der Waals surface area contributed by atoms with E-state index in [2.05, 4.69) is 5.32 Å². The number of carbonyl (C=O) groups excluding carboxylic acids is 2. The van der Waals surface area contributed by atoms with E-state index < -0.39 is 12.2 Å². The second kappa shape index (κ2) is 6.12. The number of ether oxygens (including phenoxy) is 2. The highest BCUT2D eigenvalue weighted by atomic mass is 16.5. The van der Waals surface area contributed by atoms with Gasteiger partial charge in [-0.1, -0.05) is 30.3 Å². The van der Waals surface area contributed by atoms with Gasteiger partial charge in [-0.3, -0.25) is 9.59 Å². The van der Waals surface area contributed by atoms with E-state index in [1.54, 1.807) is 18.0 Å². The van der Waals surface area contributed by atoms with Crippen molar-refractivity contribution in [3.05, 3.63) is 54.1 Å². The summed E-state index contributed by atoms with van der Waals surface area (Å²) in [5.74, 6) is 0.834. The van der Waals surface area contributed by atoms with Crippen molar-refractivity contribution in [1.82, 2.24) is 5.32 Å². The quantitative estimate of drug-likeness (QED) is 0.902. The number of para-hydroxylation sites is 3. The molecule has 0 saturated heterocycles. The van der Waals surface area contributed by atoms with Crippen LogP contribution in [0.25, 0.3) is 0 Å². The molecule has 2 amide bonds. The molecule has 0 unspecified atom stereocenters. The number of nitrogens with one attached hydrogen (secondary N) is 1. The van der Waals surface area contributed by atoms with E-state index >= 15 is 0 Å². The summed E-state index contributed by atoms with van der Waals surface area (Å²) in [5.41, 5.74) is 1.68. The number of benzene rings is 2. The Balaban J connectivity index is 1.62. The fourth-order valence-electron chi connectivity index (χ4n) is 3.23. The predicted octanol–water partition coefficient (Wildman–Crippen LogP) is 1.53. The van der Waals surface area contributed by atoms with Crippen LogP contribution in [0.3, 0.4) is 0 Å². The first-order valence-corrected chi connectivity index (χ1v) is 8.20. The Morgan fingerprint density at radius 1 is 1.00 bits per heavy atom. The minimum atomic E-state index is -0.743. The Hall–Kier alpha value is -3.02. The summed E-state index contributed by atoms with van der Waals surface area (Å²) in [4.78, 5) is 26.7. The standard InChI is InChI=1S/C19H18N2O4/c1-20-18(22)17-11-21(13-7-3-5-9-15(13)25-17)19(23)16-10-12-6-2-4-8-14(12)24-16/h2-9,16-17H,10-11H2,1H3,(H,20,22)/t16-,17+/m0/s1. The number of anilines is 1. The molecular weight excluding hydrogens is 320 g/mol. The Morgan fingerprint density at radius 2 is 1.68 bits per heavy atom. The molecule has 1 N–H and O–H groups in total. The largest absolute Gasteiger partial charge is 0.480 e. The van der Waals surface area contributed by atoms with Gasteiger partial charge in [0.1, 0.15) is 11.5 Å². The third-order valence-corrected chi connectivity index (χ3v) is 4.50. The first-order chi connectivity index (χ1) is 12.2. The van der Waals surface area contributed by atoms with Crippen molar-refractivity contribution in [1.29, 1.82) is 0 Å². The Morgan fingerprint density at radius 3 is 2.44 bits per heavy atom. The van der Waals surface area contributed by atoms with E-state index in [0.717, 1.165) is 11.3 Å². The molecule has 2 atom stereocenters. The molecular formula is C19H18N2O4. The minimum Gasteiger partial charge on any atom is -0.480 e. The summed E-state index contributed by atoms with van der Waals surface area (Å²) in [7, 11) is 1.55. The van der Waals surface area contributed by atoms with Crippen molar-refractivity contribution in [2.24, 2.45) is 0 Å². The van der Waals surface area contributed by atoms with E-state index in [4.69, 9.17) is 9.47 Å². The summed E-state index contributed by atoms with van der Waals surface area (Å²) in [6.45, 7) is 0.158. The fourth-order valence-corrected chi connectivity index (χ4v) is 3.23. The molecule has 2 aliphatic heterocycles. The van der Waals surface area contributed by atoms with E-state index in [-0.39, 0.29) is 18.4 Å². The summed E-state index contributed by atoms with van der Waals surface area (Å²) in [6, 6.07) is 14.9. The van der Waals surface area contributed by atoms with Gasteiger partial charge in [0.05, 0.1) is 12.2 Å². The van der Waals surface area contributed by atoms with Gasteiger partial charge in [-0.25, -0.2) is 0 Å². The first-order valence-electron chi connectivity index (χ1n) is 8.20. The third-order valence-electron chi connectivity index (χ3n) is 4.50. The molecule has 4 rings (SSSR count). The molecule has 0 saturated carbocycles. The van der Waals surface area contributed by atoms with Crippen LogP contribution in [-0.2, 0) is 16.0 Å². The maximum atomic E-state index is 13.1. The second-order valence-electron chi connectivity index (χ2n) is 6.06. The number of hydrogen-bond acceptors (Lipinski definition) is 4. The van der Waals surface area contributed by atoms with Crippen LogP contribution < -0.4 is 19.7 Å². The molecule has 0 radical (unpaired) electrons. The molecule has 128 valence electrons. The zero-order valence-corrected chi connectivity index (χ0v) is 13.8. The van der Waals surface area contributed by atoms with Gasteiger partial charge >= 0.3 is 0 Å². The van der Waals surface area contributed by atoms with Gasteiger partial charge in [-0.05, 0) is 23.8 Å². The SMILES string of the molecule is CNC(=O)[C@H]1CN(C(=O)[C@@H]2Cc3ccccc3O2)c2ccccc2O1. The zero-order chi connectivity index (χ0) is 17.4. The normalized spacial score (nSPS) is 20.8. The lowest BCUT2D eigenvalue weighted by molar-refractivity contribution is -0.129. The maximum Gasteiger partial charge on any atom is 0.268 e. The monoisotopic (exact) mass is 338 g/mol.